The van der Waals surface area contributed by atoms with Crippen LogP contribution in [-0.4, -0.2) is 43.6 Å². The number of sulfone groups is 1. The molecule has 1 heterocycles. The first kappa shape index (κ1) is 15.9. The monoisotopic (exact) mass is 312 g/mol. The zero-order valence-electron chi connectivity index (χ0n) is 12.1. The van der Waals surface area contributed by atoms with Crippen LogP contribution < -0.4 is 0 Å². The van der Waals surface area contributed by atoms with Gasteiger partial charge >= 0.3 is 0 Å². The Morgan fingerprint density at radius 2 is 1.86 bits per heavy atom. The van der Waals surface area contributed by atoms with Crippen LogP contribution in [0.25, 0.3) is 0 Å². The number of nitrogens with zero attached hydrogens (tertiary/aromatic N) is 2. The van der Waals surface area contributed by atoms with E-state index < -0.39 is 20.0 Å². The van der Waals surface area contributed by atoms with E-state index in [-0.39, 0.29) is 10.6 Å². The van der Waals surface area contributed by atoms with Gasteiger partial charge in [-0.2, -0.15) is 0 Å². The summed E-state index contributed by atoms with van der Waals surface area (Å²) < 4.78 is 25.3. The predicted octanol–water partition coefficient (Wildman–Crippen LogP) is 2.24. The third-order valence-electron chi connectivity index (χ3n) is 3.93. The van der Waals surface area contributed by atoms with E-state index in [4.69, 9.17) is 0 Å². The normalized spacial score (nSPS) is 18.9. The van der Waals surface area contributed by atoms with E-state index in [2.05, 4.69) is 4.90 Å². The molecule has 7 heteroatoms. The quantitative estimate of drug-likeness (QED) is 0.631. The highest BCUT2D eigenvalue weighted by molar-refractivity contribution is 7.92. The third-order valence-corrected chi connectivity index (χ3v) is 6.19. The molecule has 0 saturated carbocycles. The Kier molecular flexibility index (Phi) is 4.95. The standard InChI is InChI=1S/C14H20N2O4S/c1-15-9-3-7-13(8-4-10-15)21(19,20)14-6-2-5-12(11-14)16(17)18/h2,5-6,11,13H,3-4,7-10H2,1H3. The summed E-state index contributed by atoms with van der Waals surface area (Å²) in [5, 5.41) is 10.4. The van der Waals surface area contributed by atoms with Gasteiger partial charge in [-0.05, 0) is 51.9 Å². The highest BCUT2D eigenvalue weighted by atomic mass is 32.2. The van der Waals surface area contributed by atoms with E-state index in [0.717, 1.165) is 25.9 Å². The van der Waals surface area contributed by atoms with Crippen LogP contribution in [0.1, 0.15) is 25.7 Å². The second-order valence-corrected chi connectivity index (χ2v) is 7.74. The Bertz CT molecular complexity index is 605. The molecule has 21 heavy (non-hydrogen) atoms. The molecule has 0 amide bonds. The zero-order valence-corrected chi connectivity index (χ0v) is 12.9. The van der Waals surface area contributed by atoms with Crippen molar-refractivity contribution in [2.24, 2.45) is 0 Å². The Balaban J connectivity index is 2.24. The third kappa shape index (κ3) is 3.79. The molecule has 1 aliphatic rings. The molecular formula is C14H20N2O4S. The second-order valence-electron chi connectivity index (χ2n) is 5.51. The molecule has 1 fully saturated rings. The van der Waals surface area contributed by atoms with E-state index in [9.17, 15) is 18.5 Å². The van der Waals surface area contributed by atoms with Crippen molar-refractivity contribution in [3.05, 3.63) is 34.4 Å². The van der Waals surface area contributed by atoms with Crippen molar-refractivity contribution >= 4 is 15.5 Å². The van der Waals surface area contributed by atoms with Crippen molar-refractivity contribution < 1.29 is 13.3 Å². The molecule has 0 radical (unpaired) electrons. The molecule has 0 N–H and O–H groups in total. The van der Waals surface area contributed by atoms with Gasteiger partial charge in [-0.1, -0.05) is 6.07 Å². The van der Waals surface area contributed by atoms with Gasteiger partial charge < -0.3 is 4.90 Å². The minimum Gasteiger partial charge on any atom is -0.306 e. The summed E-state index contributed by atoms with van der Waals surface area (Å²) in [6, 6.07) is 5.36. The van der Waals surface area contributed by atoms with Crippen molar-refractivity contribution in [1.82, 2.24) is 4.90 Å². The predicted molar refractivity (Wildman–Crippen MR) is 80.0 cm³/mol. The lowest BCUT2D eigenvalue weighted by Crippen LogP contribution is -2.30. The largest absolute Gasteiger partial charge is 0.306 e. The van der Waals surface area contributed by atoms with Crippen LogP contribution >= 0.6 is 0 Å². The van der Waals surface area contributed by atoms with Crippen molar-refractivity contribution in [2.75, 3.05) is 20.1 Å². The van der Waals surface area contributed by atoms with E-state index in [1.807, 2.05) is 7.05 Å². The first-order valence-corrected chi connectivity index (χ1v) is 8.63. The number of non-ortho nitro benzene ring substituents is 1. The van der Waals surface area contributed by atoms with Gasteiger partial charge in [-0.25, -0.2) is 8.42 Å². The maximum atomic E-state index is 12.7. The summed E-state index contributed by atoms with van der Waals surface area (Å²) in [5.74, 6) is 0. The maximum absolute atomic E-state index is 12.7. The minimum absolute atomic E-state index is 0.0654. The molecule has 116 valence electrons. The number of benzene rings is 1. The fraction of sp³-hybridized carbons (Fsp3) is 0.571. The molecule has 1 saturated heterocycles. The van der Waals surface area contributed by atoms with Crippen LogP contribution in [0.4, 0.5) is 5.69 Å². The molecule has 0 bridgehead atoms. The van der Waals surface area contributed by atoms with Gasteiger partial charge in [0, 0.05) is 12.1 Å². The number of nitro groups is 1. The molecule has 0 aliphatic carbocycles. The SMILES string of the molecule is CN1CCCC(S(=O)(=O)c2cccc([N+](=O)[O-])c2)CCC1. The molecule has 0 aromatic heterocycles. The Labute approximate surface area is 124 Å². The molecule has 0 atom stereocenters. The summed E-state index contributed by atoms with van der Waals surface area (Å²) >= 11 is 0. The number of likely N-dealkylation sites (tertiary alicyclic amines) is 1. The smallest absolute Gasteiger partial charge is 0.270 e. The topological polar surface area (TPSA) is 80.5 Å². The Morgan fingerprint density at radius 3 is 2.43 bits per heavy atom. The zero-order chi connectivity index (χ0) is 15.5. The van der Waals surface area contributed by atoms with Crippen LogP contribution in [-0.2, 0) is 9.84 Å². The fourth-order valence-electron chi connectivity index (χ4n) is 2.71. The highest BCUT2D eigenvalue weighted by Gasteiger charge is 2.29. The first-order valence-electron chi connectivity index (χ1n) is 7.08. The summed E-state index contributed by atoms with van der Waals surface area (Å²) in [6.07, 6.45) is 2.87. The molecule has 0 unspecified atom stereocenters. The summed E-state index contributed by atoms with van der Waals surface area (Å²) in [4.78, 5) is 12.5. The van der Waals surface area contributed by atoms with Gasteiger partial charge in [-0.15, -0.1) is 0 Å². The molecule has 1 aliphatic heterocycles. The minimum atomic E-state index is -3.50. The Hall–Kier alpha value is -1.47. The van der Waals surface area contributed by atoms with Gasteiger partial charge in [0.2, 0.25) is 0 Å². The number of nitro benzene ring substituents is 1. The van der Waals surface area contributed by atoms with E-state index in [1.165, 1.54) is 24.3 Å². The number of hydrogen-bond donors (Lipinski definition) is 0. The van der Waals surface area contributed by atoms with Gasteiger partial charge in [-0.3, -0.25) is 10.1 Å². The van der Waals surface area contributed by atoms with Crippen LogP contribution in [0.2, 0.25) is 0 Å². The summed E-state index contributed by atoms with van der Waals surface area (Å²) in [6.45, 7) is 1.78. The lowest BCUT2D eigenvalue weighted by atomic mass is 10.1. The first-order chi connectivity index (χ1) is 9.91. The van der Waals surface area contributed by atoms with Gasteiger partial charge in [0.1, 0.15) is 0 Å². The summed E-state index contributed by atoms with van der Waals surface area (Å²) in [7, 11) is -1.46. The average Bonchev–Trinajstić information content (AvgIpc) is 2.42. The van der Waals surface area contributed by atoms with E-state index in [1.54, 1.807) is 0 Å². The maximum Gasteiger partial charge on any atom is 0.270 e. The van der Waals surface area contributed by atoms with Crippen molar-refractivity contribution in [3.63, 3.8) is 0 Å². The molecule has 2 rings (SSSR count). The van der Waals surface area contributed by atoms with E-state index in [0.29, 0.717) is 12.8 Å². The highest BCUT2D eigenvalue weighted by Crippen LogP contribution is 2.27. The van der Waals surface area contributed by atoms with Gasteiger partial charge in [0.05, 0.1) is 15.1 Å². The van der Waals surface area contributed by atoms with Gasteiger partial charge in [0.25, 0.3) is 5.69 Å². The molecule has 1 aromatic rings. The molecular weight excluding hydrogens is 292 g/mol. The van der Waals surface area contributed by atoms with Crippen LogP contribution in [0.3, 0.4) is 0 Å². The average molecular weight is 312 g/mol. The van der Waals surface area contributed by atoms with Crippen molar-refractivity contribution in [1.29, 1.82) is 0 Å². The van der Waals surface area contributed by atoms with E-state index >= 15 is 0 Å². The van der Waals surface area contributed by atoms with Crippen LogP contribution in [0, 0.1) is 10.1 Å². The molecule has 0 spiro atoms. The van der Waals surface area contributed by atoms with Gasteiger partial charge in [0.15, 0.2) is 9.84 Å². The number of rotatable bonds is 3. The fourth-order valence-corrected chi connectivity index (χ4v) is 4.60. The van der Waals surface area contributed by atoms with Crippen LogP contribution in [0.5, 0.6) is 0 Å². The lowest BCUT2D eigenvalue weighted by molar-refractivity contribution is -0.385. The molecule has 6 nitrogen and oxygen atoms in total. The van der Waals surface area contributed by atoms with Crippen molar-refractivity contribution in [3.8, 4) is 0 Å². The number of hydrogen-bond acceptors (Lipinski definition) is 5. The van der Waals surface area contributed by atoms with Crippen LogP contribution in [0.15, 0.2) is 29.2 Å². The van der Waals surface area contributed by atoms with Crippen molar-refractivity contribution in [2.45, 2.75) is 35.8 Å². The Morgan fingerprint density at radius 1 is 1.24 bits per heavy atom. The summed E-state index contributed by atoms with van der Waals surface area (Å²) in [5.41, 5.74) is -0.179. The lowest BCUT2D eigenvalue weighted by Gasteiger charge is -2.24. The second kappa shape index (κ2) is 6.53. The molecule has 1 aromatic carbocycles.